The minimum Gasteiger partial charge on any atom is -0.352 e. The Hall–Kier alpha value is -1.38. The topological polar surface area (TPSA) is 55.1 Å². The molecule has 10 heavy (non-hydrogen) atoms. The molecule has 0 aliphatic heterocycles. The van der Waals surface area contributed by atoms with Crippen LogP contribution in [0.1, 0.15) is 5.56 Å². The highest BCUT2D eigenvalue weighted by Crippen LogP contribution is 1.97. The van der Waals surface area contributed by atoms with Crippen molar-refractivity contribution in [3.05, 3.63) is 29.8 Å². The van der Waals surface area contributed by atoms with Crippen molar-refractivity contribution in [3.8, 4) is 0 Å². The summed E-state index contributed by atoms with van der Waals surface area (Å²) in [6.45, 7) is 0.516. The number of nitrogens with two attached hydrogens (primary N) is 1. The molecule has 0 spiro atoms. The zero-order valence-corrected chi connectivity index (χ0v) is 5.50. The molecule has 0 saturated carbocycles. The molecule has 1 aromatic carbocycles. The molecule has 0 atom stereocenters. The van der Waals surface area contributed by atoms with Crippen molar-refractivity contribution in [1.29, 1.82) is 0 Å². The molecule has 0 radical (unpaired) electrons. The van der Waals surface area contributed by atoms with Crippen LogP contribution < -0.4 is 11.1 Å². The molecule has 1 aromatic rings. The van der Waals surface area contributed by atoms with Crippen molar-refractivity contribution in [2.75, 3.05) is 0 Å². The van der Waals surface area contributed by atoms with Crippen LogP contribution in [0, 0.1) is 0 Å². The van der Waals surface area contributed by atoms with Gasteiger partial charge in [-0.2, -0.15) is 23.8 Å². The van der Waals surface area contributed by atoms with Crippen molar-refractivity contribution in [2.24, 2.45) is 5.73 Å². The largest absolute Gasteiger partial charge is 0.352 e. The Morgan fingerprint density at radius 1 is 1.80 bits per heavy atom. The number of nitrogens with one attached hydrogen (secondary N) is 1. The number of amides is 2. The summed E-state index contributed by atoms with van der Waals surface area (Å²) in [6, 6.07) is 7.20. The summed E-state index contributed by atoms with van der Waals surface area (Å²) in [5, 5.41) is 2.49. The van der Waals surface area contributed by atoms with Crippen molar-refractivity contribution in [3.63, 3.8) is 0 Å². The summed E-state index contributed by atoms with van der Waals surface area (Å²) in [7, 11) is 0. The Morgan fingerprint density at radius 2 is 2.60 bits per heavy atom. The maximum absolute atomic E-state index is 10.2. The number of primary amides is 1. The highest BCUT2D eigenvalue weighted by Gasteiger charge is 1.86. The van der Waals surface area contributed by atoms with Crippen LogP contribution in [0.4, 0.5) is 4.79 Å². The van der Waals surface area contributed by atoms with Gasteiger partial charge in [-0.3, -0.25) is 0 Å². The Kier molecular flexibility index (Phi) is 1.99. The van der Waals surface area contributed by atoms with Gasteiger partial charge in [-0.25, -0.2) is 10.9 Å². The van der Waals surface area contributed by atoms with Crippen molar-refractivity contribution in [2.45, 2.75) is 6.54 Å². The van der Waals surface area contributed by atoms with Crippen LogP contribution in [0.3, 0.4) is 0 Å². The molecule has 54 valence electrons. The van der Waals surface area contributed by atoms with Gasteiger partial charge in [-0.05, 0) is 6.54 Å². The molecule has 0 saturated heterocycles. The van der Waals surface area contributed by atoms with Gasteiger partial charge in [0.05, 0.1) is 0 Å². The van der Waals surface area contributed by atoms with Gasteiger partial charge < -0.3 is 11.1 Å². The number of carbonyl (C=O) groups is 1. The lowest BCUT2D eigenvalue weighted by Gasteiger charge is -2.02. The van der Waals surface area contributed by atoms with E-state index in [1.54, 1.807) is 0 Å². The molecule has 3 nitrogen and oxygen atoms in total. The molecule has 1 rings (SSSR count). The van der Waals surface area contributed by atoms with E-state index in [1.807, 2.05) is 24.3 Å². The fourth-order valence-corrected chi connectivity index (χ4v) is 0.721. The van der Waals surface area contributed by atoms with Gasteiger partial charge in [-0.1, -0.05) is 0 Å². The fraction of sp³-hybridized carbons (Fsp3) is 0.143. The van der Waals surface area contributed by atoms with Crippen LogP contribution in [0.5, 0.6) is 0 Å². The van der Waals surface area contributed by atoms with Crippen LogP contribution in [-0.2, 0) is 6.54 Å². The van der Waals surface area contributed by atoms with Crippen molar-refractivity contribution in [1.82, 2.24) is 5.32 Å². The van der Waals surface area contributed by atoms with E-state index in [1.165, 1.54) is 0 Å². The molecular formula is C7H9N2O-. The predicted molar refractivity (Wildman–Crippen MR) is 38.5 cm³/mol. The zero-order chi connectivity index (χ0) is 7.40. The molecule has 0 aliphatic carbocycles. The molecule has 0 bridgehead atoms. The first kappa shape index (κ1) is 6.74. The highest BCUT2D eigenvalue weighted by molar-refractivity contribution is 5.71. The molecule has 3 heteroatoms. The molecule has 3 N–H and O–H groups in total. The van der Waals surface area contributed by atoms with E-state index in [4.69, 9.17) is 5.73 Å². The third-order valence-electron chi connectivity index (χ3n) is 1.20. The maximum Gasteiger partial charge on any atom is 0.311 e. The van der Waals surface area contributed by atoms with Crippen LogP contribution in [0.25, 0.3) is 0 Å². The van der Waals surface area contributed by atoms with Crippen LogP contribution in [-0.4, -0.2) is 6.03 Å². The van der Waals surface area contributed by atoms with Gasteiger partial charge in [0.2, 0.25) is 0 Å². The smallest absolute Gasteiger partial charge is 0.311 e. The second kappa shape index (κ2) is 2.96. The SMILES string of the molecule is NC(=O)NCc1cc[cH-]c1. The quantitative estimate of drug-likeness (QED) is 0.575. The van der Waals surface area contributed by atoms with E-state index in [0.29, 0.717) is 6.54 Å². The number of rotatable bonds is 2. The lowest BCUT2D eigenvalue weighted by Crippen LogP contribution is -2.28. The van der Waals surface area contributed by atoms with Crippen LogP contribution in [0.15, 0.2) is 24.3 Å². The normalized spacial score (nSPS) is 9.20. The van der Waals surface area contributed by atoms with Gasteiger partial charge >= 0.3 is 6.03 Å². The summed E-state index contributed by atoms with van der Waals surface area (Å²) in [6.07, 6.45) is 0. The number of hydrogen-bond acceptors (Lipinski definition) is 1. The number of urea groups is 1. The van der Waals surface area contributed by atoms with E-state index in [0.717, 1.165) is 5.56 Å². The van der Waals surface area contributed by atoms with Crippen LogP contribution in [0.2, 0.25) is 0 Å². The molecule has 0 aliphatic rings. The minimum atomic E-state index is -0.485. The summed E-state index contributed by atoms with van der Waals surface area (Å²) < 4.78 is 0. The average molecular weight is 137 g/mol. The van der Waals surface area contributed by atoms with E-state index in [2.05, 4.69) is 5.32 Å². The Labute approximate surface area is 59.2 Å². The summed E-state index contributed by atoms with van der Waals surface area (Å²) >= 11 is 0. The molecular weight excluding hydrogens is 128 g/mol. The van der Waals surface area contributed by atoms with Gasteiger partial charge in [0.1, 0.15) is 0 Å². The average Bonchev–Trinajstić information content (AvgIpc) is 2.34. The van der Waals surface area contributed by atoms with Crippen LogP contribution >= 0.6 is 0 Å². The Morgan fingerprint density at radius 3 is 3.10 bits per heavy atom. The molecule has 0 aromatic heterocycles. The van der Waals surface area contributed by atoms with Gasteiger partial charge in [-0.15, -0.1) is 0 Å². The second-order valence-corrected chi connectivity index (χ2v) is 2.01. The molecule has 0 fully saturated rings. The lowest BCUT2D eigenvalue weighted by atomic mass is 10.3. The third kappa shape index (κ3) is 1.85. The summed E-state index contributed by atoms with van der Waals surface area (Å²) in [4.78, 5) is 10.2. The van der Waals surface area contributed by atoms with E-state index < -0.39 is 6.03 Å². The molecule has 0 heterocycles. The zero-order valence-electron chi connectivity index (χ0n) is 5.50. The van der Waals surface area contributed by atoms with Crippen molar-refractivity contribution < 1.29 is 4.79 Å². The van der Waals surface area contributed by atoms with E-state index in [-0.39, 0.29) is 0 Å². The number of carbonyl (C=O) groups excluding carboxylic acids is 1. The highest BCUT2D eigenvalue weighted by atomic mass is 16.2. The summed E-state index contributed by atoms with van der Waals surface area (Å²) in [5.74, 6) is 0. The first-order valence-electron chi connectivity index (χ1n) is 3.03. The number of hydrogen-bond donors (Lipinski definition) is 2. The fourth-order valence-electron chi connectivity index (χ4n) is 0.721. The Balaban J connectivity index is 2.35. The maximum atomic E-state index is 10.2. The van der Waals surface area contributed by atoms with Crippen molar-refractivity contribution >= 4 is 6.03 Å². The molecule has 2 amide bonds. The van der Waals surface area contributed by atoms with E-state index in [9.17, 15) is 4.79 Å². The first-order chi connectivity index (χ1) is 4.79. The molecule has 0 unspecified atom stereocenters. The third-order valence-corrected chi connectivity index (χ3v) is 1.20. The Bertz CT molecular complexity index is 203. The lowest BCUT2D eigenvalue weighted by molar-refractivity contribution is 0.248. The van der Waals surface area contributed by atoms with Gasteiger partial charge in [0.25, 0.3) is 0 Å². The predicted octanol–water partition coefficient (Wildman–Crippen LogP) is 0.574. The van der Waals surface area contributed by atoms with Gasteiger partial charge in [0, 0.05) is 0 Å². The monoisotopic (exact) mass is 137 g/mol. The van der Waals surface area contributed by atoms with E-state index >= 15 is 0 Å². The standard InChI is InChI=1S/C7H9N2O/c8-7(10)9-5-6-3-1-2-4-6/h1-4H,5H2,(H3,8,9,10)/q-1. The summed E-state index contributed by atoms with van der Waals surface area (Å²) in [5.41, 5.74) is 5.93. The first-order valence-corrected chi connectivity index (χ1v) is 3.03. The second-order valence-electron chi connectivity index (χ2n) is 2.01. The van der Waals surface area contributed by atoms with Gasteiger partial charge in [0.15, 0.2) is 0 Å². The minimum absolute atomic E-state index is 0.485.